The van der Waals surface area contributed by atoms with Gasteiger partial charge in [-0.05, 0) is 56.1 Å². The number of carbonyl (C=O) groups excluding carboxylic acids is 3. The second kappa shape index (κ2) is 7.76. The molecule has 4 heterocycles. The quantitative estimate of drug-likeness (QED) is 0.535. The molecular formula is C30H27N3O4. The predicted octanol–water partition coefficient (Wildman–Crippen LogP) is 4.10. The van der Waals surface area contributed by atoms with Crippen molar-refractivity contribution in [1.29, 1.82) is 0 Å². The van der Waals surface area contributed by atoms with Crippen LogP contribution in [0.5, 0.6) is 5.75 Å². The lowest BCUT2D eigenvalue weighted by Crippen LogP contribution is -2.62. The Kier molecular flexibility index (Phi) is 4.67. The van der Waals surface area contributed by atoms with Crippen LogP contribution in [0.25, 0.3) is 0 Å². The number of hydrogen-bond acceptors (Lipinski definition) is 5. The molecule has 3 aromatic rings. The Balaban J connectivity index is 1.57. The van der Waals surface area contributed by atoms with E-state index in [2.05, 4.69) is 15.5 Å². The van der Waals surface area contributed by atoms with Gasteiger partial charge in [-0.15, -0.1) is 0 Å². The lowest BCUT2D eigenvalue weighted by atomic mass is 9.57. The van der Waals surface area contributed by atoms with E-state index in [-0.39, 0.29) is 23.6 Å². The summed E-state index contributed by atoms with van der Waals surface area (Å²) in [6.45, 7) is 2.92. The number of ketones is 1. The Morgan fingerprint density at radius 2 is 1.57 bits per heavy atom. The first kappa shape index (κ1) is 22.2. The summed E-state index contributed by atoms with van der Waals surface area (Å²) in [5.74, 6) is -0.999. The van der Waals surface area contributed by atoms with Crippen LogP contribution in [0.2, 0.25) is 0 Å². The zero-order valence-electron chi connectivity index (χ0n) is 20.5. The van der Waals surface area contributed by atoms with Gasteiger partial charge in [0.05, 0.1) is 18.1 Å². The monoisotopic (exact) mass is 493 g/mol. The number of nitrogens with zero attached hydrogens (tertiary/aromatic N) is 1. The molecular weight excluding hydrogens is 466 g/mol. The molecule has 2 fully saturated rings. The van der Waals surface area contributed by atoms with Gasteiger partial charge in [0.15, 0.2) is 5.78 Å². The Labute approximate surface area is 214 Å². The van der Waals surface area contributed by atoms with Crippen LogP contribution in [-0.2, 0) is 20.5 Å². The highest BCUT2D eigenvalue weighted by Crippen LogP contribution is 2.67. The number of anilines is 2. The highest BCUT2D eigenvalue weighted by molar-refractivity contribution is 6.21. The van der Waals surface area contributed by atoms with E-state index in [1.807, 2.05) is 67.6 Å². The van der Waals surface area contributed by atoms with Crippen molar-refractivity contribution in [2.24, 2.45) is 5.92 Å². The third-order valence-corrected chi connectivity index (χ3v) is 8.74. The molecule has 0 aliphatic carbocycles. The average Bonchev–Trinajstić information content (AvgIpc) is 3.63. The van der Waals surface area contributed by atoms with Crippen LogP contribution in [0.1, 0.15) is 41.3 Å². The van der Waals surface area contributed by atoms with Gasteiger partial charge in [-0.1, -0.05) is 48.5 Å². The number of para-hydroxylation sites is 3. The summed E-state index contributed by atoms with van der Waals surface area (Å²) in [5.41, 5.74) is 0.463. The minimum atomic E-state index is -1.44. The van der Waals surface area contributed by atoms with E-state index in [1.165, 1.54) is 0 Å². The maximum atomic E-state index is 14.7. The standard InChI is InChI=1S/C30H27N3O4/c1-2-37-24-16-8-3-10-18(24)26(34)25-23-15-9-17-33(23)30(20-12-5-7-14-22(20)32-28(30)36)29(25)19-11-4-6-13-21(19)31-27(29)35/h3-8,10-14,16,23,25H,2,9,15,17H2,1H3,(H,31,35)(H,32,36)/t23-,25-,29+,30-/m0/s1. The molecule has 7 nitrogen and oxygen atoms in total. The Morgan fingerprint density at radius 1 is 0.919 bits per heavy atom. The van der Waals surface area contributed by atoms with Crippen molar-refractivity contribution in [1.82, 2.24) is 4.90 Å². The van der Waals surface area contributed by atoms with Gasteiger partial charge in [0, 0.05) is 23.0 Å². The Bertz CT molecular complexity index is 1480. The second-order valence-electron chi connectivity index (χ2n) is 10.2. The van der Waals surface area contributed by atoms with Crippen molar-refractivity contribution in [3.63, 3.8) is 0 Å². The molecule has 4 aliphatic rings. The van der Waals surface area contributed by atoms with Crippen molar-refractivity contribution >= 4 is 29.0 Å². The fourth-order valence-electron chi connectivity index (χ4n) is 7.65. The van der Waals surface area contributed by atoms with Gasteiger partial charge in [-0.3, -0.25) is 19.3 Å². The number of amides is 2. The lowest BCUT2D eigenvalue weighted by Gasteiger charge is -2.43. The minimum absolute atomic E-state index is 0.165. The van der Waals surface area contributed by atoms with Gasteiger partial charge < -0.3 is 15.4 Å². The molecule has 0 saturated carbocycles. The number of rotatable bonds is 4. The fraction of sp³-hybridized carbons (Fsp3) is 0.300. The first-order valence-electron chi connectivity index (χ1n) is 12.9. The zero-order chi connectivity index (χ0) is 25.4. The fourth-order valence-corrected chi connectivity index (χ4v) is 7.65. The normalized spacial score (nSPS) is 29.2. The molecule has 2 N–H and O–H groups in total. The summed E-state index contributed by atoms with van der Waals surface area (Å²) in [7, 11) is 0. The van der Waals surface area contributed by atoms with E-state index in [0.29, 0.717) is 41.4 Å². The van der Waals surface area contributed by atoms with Crippen LogP contribution >= 0.6 is 0 Å². The highest BCUT2D eigenvalue weighted by Gasteiger charge is 2.81. The van der Waals surface area contributed by atoms with Crippen molar-refractivity contribution in [3.05, 3.63) is 89.5 Å². The molecule has 2 saturated heterocycles. The molecule has 3 aromatic carbocycles. The molecule has 0 bridgehead atoms. The molecule has 4 atom stereocenters. The summed E-state index contributed by atoms with van der Waals surface area (Å²) >= 11 is 0. The number of hydrogen-bond donors (Lipinski definition) is 2. The second-order valence-corrected chi connectivity index (χ2v) is 10.2. The van der Waals surface area contributed by atoms with Crippen LogP contribution in [-0.4, -0.2) is 41.7 Å². The molecule has 0 aromatic heterocycles. The average molecular weight is 494 g/mol. The number of nitrogens with one attached hydrogen (secondary N) is 2. The molecule has 7 rings (SSSR count). The molecule has 2 amide bonds. The van der Waals surface area contributed by atoms with Crippen LogP contribution in [0, 0.1) is 5.92 Å². The molecule has 7 heteroatoms. The lowest BCUT2D eigenvalue weighted by molar-refractivity contribution is -0.137. The van der Waals surface area contributed by atoms with Gasteiger partial charge in [-0.2, -0.15) is 0 Å². The largest absolute Gasteiger partial charge is 0.493 e. The minimum Gasteiger partial charge on any atom is -0.493 e. The summed E-state index contributed by atoms with van der Waals surface area (Å²) in [6.07, 6.45) is 1.57. The van der Waals surface area contributed by atoms with Gasteiger partial charge in [0.2, 0.25) is 5.91 Å². The zero-order valence-corrected chi connectivity index (χ0v) is 20.5. The van der Waals surface area contributed by atoms with E-state index in [1.54, 1.807) is 12.1 Å². The van der Waals surface area contributed by atoms with Gasteiger partial charge in [0.25, 0.3) is 5.91 Å². The van der Waals surface area contributed by atoms with Crippen LogP contribution in [0.4, 0.5) is 11.4 Å². The first-order valence-corrected chi connectivity index (χ1v) is 12.9. The number of fused-ring (bicyclic) bond motifs is 7. The molecule has 0 radical (unpaired) electrons. The van der Waals surface area contributed by atoms with E-state index >= 15 is 0 Å². The highest BCUT2D eigenvalue weighted by atomic mass is 16.5. The van der Waals surface area contributed by atoms with Gasteiger partial charge in [0.1, 0.15) is 16.7 Å². The van der Waals surface area contributed by atoms with E-state index in [0.717, 1.165) is 18.4 Å². The van der Waals surface area contributed by atoms with Crippen molar-refractivity contribution in [2.45, 2.75) is 36.8 Å². The Morgan fingerprint density at radius 3 is 2.35 bits per heavy atom. The van der Waals surface area contributed by atoms with Crippen LogP contribution in [0.15, 0.2) is 72.8 Å². The number of ether oxygens (including phenoxy) is 1. The summed E-state index contributed by atoms with van der Waals surface area (Å²) < 4.78 is 5.86. The maximum absolute atomic E-state index is 14.7. The summed E-state index contributed by atoms with van der Waals surface area (Å²) in [6, 6.07) is 22.0. The van der Waals surface area contributed by atoms with E-state index < -0.39 is 16.9 Å². The van der Waals surface area contributed by atoms with Gasteiger partial charge in [-0.25, -0.2) is 0 Å². The van der Waals surface area contributed by atoms with Crippen molar-refractivity contribution in [3.8, 4) is 5.75 Å². The topological polar surface area (TPSA) is 87.7 Å². The van der Waals surface area contributed by atoms with Crippen molar-refractivity contribution < 1.29 is 19.1 Å². The van der Waals surface area contributed by atoms with E-state index in [9.17, 15) is 14.4 Å². The molecule has 37 heavy (non-hydrogen) atoms. The number of carbonyl (C=O) groups is 3. The first-order chi connectivity index (χ1) is 18.1. The molecule has 186 valence electrons. The SMILES string of the molecule is CCOc1ccccc1C(=O)[C@@H]1[C@@H]2CCCN2[C@@]2(C(=O)Nc3ccccc32)[C@@]12C(=O)Nc1ccccc12. The summed E-state index contributed by atoms with van der Waals surface area (Å²) in [4.78, 5) is 45.7. The van der Waals surface area contributed by atoms with Crippen molar-refractivity contribution in [2.75, 3.05) is 23.8 Å². The summed E-state index contributed by atoms with van der Waals surface area (Å²) in [5, 5.41) is 6.15. The third kappa shape index (κ3) is 2.52. The molecule has 2 spiro atoms. The predicted molar refractivity (Wildman–Crippen MR) is 139 cm³/mol. The third-order valence-electron chi connectivity index (χ3n) is 8.74. The van der Waals surface area contributed by atoms with Crippen LogP contribution in [0.3, 0.4) is 0 Å². The Hall–Kier alpha value is -3.97. The van der Waals surface area contributed by atoms with Gasteiger partial charge >= 0.3 is 0 Å². The smallest absolute Gasteiger partial charge is 0.251 e. The van der Waals surface area contributed by atoms with Crippen LogP contribution < -0.4 is 15.4 Å². The number of Topliss-reactive ketones (excluding diaryl/α,β-unsaturated/α-hetero) is 1. The van der Waals surface area contributed by atoms with E-state index in [4.69, 9.17) is 4.74 Å². The molecule has 0 unspecified atom stereocenters. The maximum Gasteiger partial charge on any atom is 0.251 e. The number of benzene rings is 3. The molecule has 4 aliphatic heterocycles.